The molecule has 2 heteroatoms. The molecule has 0 aromatic heterocycles. The molecule has 128 valence electrons. The van der Waals surface area contributed by atoms with Gasteiger partial charge in [-0.1, -0.05) is 78.1 Å². The van der Waals surface area contributed by atoms with Gasteiger partial charge in [-0.15, -0.1) is 0 Å². The summed E-state index contributed by atoms with van der Waals surface area (Å²) in [5.74, 6) is 0.466. The van der Waals surface area contributed by atoms with Gasteiger partial charge < -0.3 is 5.32 Å². The number of carbonyl (C=O) groups is 1. The first-order valence-electron chi connectivity index (χ1n) is 9.33. The summed E-state index contributed by atoms with van der Waals surface area (Å²) in [6, 6.07) is 0. The summed E-state index contributed by atoms with van der Waals surface area (Å²) in [7, 11) is 3.75. The van der Waals surface area contributed by atoms with Gasteiger partial charge in [-0.2, -0.15) is 0 Å². The fourth-order valence-corrected chi connectivity index (χ4v) is 2.39. The Kier molecular flexibility index (Phi) is 23.9. The van der Waals surface area contributed by atoms with Crippen LogP contribution < -0.4 is 5.32 Å². The molecule has 0 spiro atoms. The molecule has 0 heterocycles. The summed E-state index contributed by atoms with van der Waals surface area (Å²) in [4.78, 5) is 11.3. The van der Waals surface area contributed by atoms with Crippen molar-refractivity contribution >= 4 is 5.78 Å². The van der Waals surface area contributed by atoms with Crippen LogP contribution in [-0.2, 0) is 4.79 Å². The van der Waals surface area contributed by atoms with Crippen molar-refractivity contribution in [2.24, 2.45) is 0 Å². The third kappa shape index (κ3) is 25.0. The first kappa shape index (κ1) is 22.9. The average molecular weight is 300 g/mol. The fraction of sp³-hybridized carbons (Fsp3) is 0.947. The second kappa shape index (κ2) is 21.9. The maximum Gasteiger partial charge on any atom is 0.132 e. The molecule has 0 atom stereocenters. The molecule has 0 saturated carbocycles. The van der Waals surface area contributed by atoms with Crippen molar-refractivity contribution < 1.29 is 4.79 Å². The van der Waals surface area contributed by atoms with Gasteiger partial charge in [-0.05, 0) is 26.9 Å². The van der Waals surface area contributed by atoms with Gasteiger partial charge in [0.2, 0.25) is 0 Å². The molecule has 0 fully saturated rings. The highest BCUT2D eigenvalue weighted by Gasteiger charge is 1.99. The van der Waals surface area contributed by atoms with E-state index in [4.69, 9.17) is 0 Å². The Balaban J connectivity index is 0. The van der Waals surface area contributed by atoms with Gasteiger partial charge in [0.25, 0.3) is 0 Å². The van der Waals surface area contributed by atoms with E-state index in [-0.39, 0.29) is 0 Å². The topological polar surface area (TPSA) is 29.1 Å². The summed E-state index contributed by atoms with van der Waals surface area (Å²) in [5.41, 5.74) is 0. The molecular weight excluding hydrogens is 258 g/mol. The van der Waals surface area contributed by atoms with E-state index in [0.717, 1.165) is 25.7 Å². The third-order valence-corrected chi connectivity index (χ3v) is 3.59. The van der Waals surface area contributed by atoms with Crippen LogP contribution in [-0.4, -0.2) is 19.9 Å². The van der Waals surface area contributed by atoms with Crippen molar-refractivity contribution in [2.45, 2.75) is 104 Å². The van der Waals surface area contributed by atoms with Crippen molar-refractivity contribution in [2.75, 3.05) is 14.1 Å². The number of rotatable bonds is 14. The van der Waals surface area contributed by atoms with E-state index < -0.39 is 0 Å². The Hall–Kier alpha value is -0.370. The quantitative estimate of drug-likeness (QED) is 0.405. The third-order valence-electron chi connectivity index (χ3n) is 3.59. The Bertz CT molecular complexity index is 192. The molecule has 1 N–H and O–H groups in total. The van der Waals surface area contributed by atoms with Crippen LogP contribution >= 0.6 is 0 Å². The monoisotopic (exact) mass is 299 g/mol. The fourth-order valence-electron chi connectivity index (χ4n) is 2.39. The van der Waals surface area contributed by atoms with Crippen molar-refractivity contribution in [3.05, 3.63) is 0 Å². The van der Waals surface area contributed by atoms with Crippen LogP contribution in [0.1, 0.15) is 104 Å². The summed E-state index contributed by atoms with van der Waals surface area (Å²) in [5, 5.41) is 2.75. The van der Waals surface area contributed by atoms with Crippen LogP contribution in [0.4, 0.5) is 0 Å². The Morgan fingerprint density at radius 1 is 0.619 bits per heavy atom. The van der Waals surface area contributed by atoms with Crippen LogP contribution in [0.5, 0.6) is 0 Å². The normalized spacial score (nSPS) is 10.1. The van der Waals surface area contributed by atoms with E-state index in [1.807, 2.05) is 14.1 Å². The van der Waals surface area contributed by atoms with Gasteiger partial charge in [0.15, 0.2) is 0 Å². The van der Waals surface area contributed by atoms with E-state index in [2.05, 4.69) is 19.2 Å². The van der Waals surface area contributed by atoms with Gasteiger partial charge in [0.1, 0.15) is 5.78 Å². The zero-order chi connectivity index (χ0) is 16.2. The summed E-state index contributed by atoms with van der Waals surface area (Å²) < 4.78 is 0. The van der Waals surface area contributed by atoms with Crippen molar-refractivity contribution in [1.82, 2.24) is 5.32 Å². The van der Waals surface area contributed by atoms with E-state index >= 15 is 0 Å². The second-order valence-electron chi connectivity index (χ2n) is 6.07. The number of nitrogens with one attached hydrogen (secondary N) is 1. The van der Waals surface area contributed by atoms with Gasteiger partial charge in [0, 0.05) is 12.8 Å². The molecule has 0 unspecified atom stereocenters. The lowest BCUT2D eigenvalue weighted by Gasteiger charge is -2.02. The van der Waals surface area contributed by atoms with Crippen LogP contribution in [0.2, 0.25) is 0 Å². The zero-order valence-electron chi connectivity index (χ0n) is 15.3. The molecule has 0 saturated heterocycles. The number of hydrogen-bond acceptors (Lipinski definition) is 2. The predicted octanol–water partition coefficient (Wildman–Crippen LogP) is 5.89. The number of unbranched alkanes of at least 4 members (excludes halogenated alkanes) is 10. The minimum atomic E-state index is 0.466. The highest BCUT2D eigenvalue weighted by atomic mass is 16.1. The highest BCUT2D eigenvalue weighted by molar-refractivity contribution is 5.78. The number of carbonyl (C=O) groups excluding carboxylic acids is 1. The summed E-state index contributed by atoms with van der Waals surface area (Å²) in [6.45, 7) is 4.35. The van der Waals surface area contributed by atoms with Gasteiger partial charge in [-0.25, -0.2) is 0 Å². The summed E-state index contributed by atoms with van der Waals surface area (Å²) in [6.07, 6.45) is 17.5. The van der Waals surface area contributed by atoms with Crippen molar-refractivity contribution in [3.8, 4) is 0 Å². The maximum atomic E-state index is 11.3. The minimum Gasteiger partial charge on any atom is -0.323 e. The molecule has 2 nitrogen and oxygen atoms in total. The van der Waals surface area contributed by atoms with Crippen LogP contribution in [0.25, 0.3) is 0 Å². The molecule has 21 heavy (non-hydrogen) atoms. The lowest BCUT2D eigenvalue weighted by molar-refractivity contribution is -0.119. The first-order valence-corrected chi connectivity index (χ1v) is 9.33. The zero-order valence-corrected chi connectivity index (χ0v) is 15.3. The van der Waals surface area contributed by atoms with Gasteiger partial charge in [-0.3, -0.25) is 4.79 Å². The Morgan fingerprint density at radius 2 is 1.00 bits per heavy atom. The molecule has 0 aromatic rings. The van der Waals surface area contributed by atoms with Crippen LogP contribution in [0.3, 0.4) is 0 Å². The molecule has 0 aliphatic rings. The highest BCUT2D eigenvalue weighted by Crippen LogP contribution is 2.12. The minimum absolute atomic E-state index is 0.466. The molecule has 0 rings (SSSR count). The second-order valence-corrected chi connectivity index (χ2v) is 6.07. The smallest absolute Gasteiger partial charge is 0.132 e. The Morgan fingerprint density at radius 3 is 1.38 bits per heavy atom. The number of Topliss-reactive ketones (excluding diaryl/α,β-unsaturated/α-hetero) is 1. The number of ketones is 1. The Labute approximate surface area is 134 Å². The lowest BCUT2D eigenvalue weighted by Crippen LogP contribution is -1.96. The first-order chi connectivity index (χ1) is 10.2. The van der Waals surface area contributed by atoms with E-state index in [1.54, 1.807) is 0 Å². The molecule has 0 radical (unpaired) electrons. The van der Waals surface area contributed by atoms with Crippen molar-refractivity contribution in [1.29, 1.82) is 0 Å². The number of hydrogen-bond donors (Lipinski definition) is 1. The van der Waals surface area contributed by atoms with E-state index in [1.165, 1.54) is 64.2 Å². The average Bonchev–Trinajstić information content (AvgIpc) is 2.46. The molecule has 0 aliphatic heterocycles. The van der Waals surface area contributed by atoms with E-state index in [9.17, 15) is 4.79 Å². The van der Waals surface area contributed by atoms with Crippen LogP contribution in [0, 0.1) is 0 Å². The molecule has 0 aliphatic carbocycles. The standard InChI is InChI=1S/C17H34O.C2H7N/c1-3-5-6-7-8-9-10-11-12-13-14-16-17(18)15-4-2;1-3-2/h3-16H2,1-2H3;3H,1-2H3. The van der Waals surface area contributed by atoms with Gasteiger partial charge in [0.05, 0.1) is 0 Å². The summed E-state index contributed by atoms with van der Waals surface area (Å²) >= 11 is 0. The molecule has 0 bridgehead atoms. The largest absolute Gasteiger partial charge is 0.323 e. The van der Waals surface area contributed by atoms with Gasteiger partial charge >= 0.3 is 0 Å². The predicted molar refractivity (Wildman–Crippen MR) is 96.0 cm³/mol. The SMILES string of the molecule is CCCCCCCCCCCCCC(=O)CCC.CNC. The van der Waals surface area contributed by atoms with Crippen molar-refractivity contribution in [3.63, 3.8) is 0 Å². The lowest BCUT2D eigenvalue weighted by atomic mass is 10.0. The maximum absolute atomic E-state index is 11.3. The molecular formula is C19H41NO. The molecule has 0 amide bonds. The van der Waals surface area contributed by atoms with E-state index in [0.29, 0.717) is 5.78 Å². The molecule has 0 aromatic carbocycles. The van der Waals surface area contributed by atoms with Crippen LogP contribution in [0.15, 0.2) is 0 Å².